The summed E-state index contributed by atoms with van der Waals surface area (Å²) in [5.41, 5.74) is 0.857. The number of aliphatic carboxylic acids is 1. The number of carboxylic acids is 1. The van der Waals surface area contributed by atoms with Crippen molar-refractivity contribution in [3.8, 4) is 0 Å². The Morgan fingerprint density at radius 2 is 2.20 bits per heavy atom. The number of carbonyl (C=O) groups is 2. The predicted molar refractivity (Wildman–Crippen MR) is 130 cm³/mol. The number of benzene rings is 1. The van der Waals surface area contributed by atoms with Crippen LogP contribution in [0.4, 0.5) is 4.39 Å². The number of hydrogen-bond donors (Lipinski definition) is 3. The summed E-state index contributed by atoms with van der Waals surface area (Å²) in [6.07, 6.45) is 1.62. The number of carbonyl (C=O) groups excluding carboxylic acids is 1. The van der Waals surface area contributed by atoms with Crippen LogP contribution >= 0.6 is 22.9 Å². The van der Waals surface area contributed by atoms with Gasteiger partial charge in [-0.25, -0.2) is 14.2 Å². The highest BCUT2D eigenvalue weighted by Gasteiger charge is 2.39. The zero-order valence-electron chi connectivity index (χ0n) is 19.1. The highest BCUT2D eigenvalue weighted by Crippen LogP contribution is 2.37. The molecule has 186 valence electrons. The molecule has 1 fully saturated rings. The van der Waals surface area contributed by atoms with E-state index in [9.17, 15) is 19.1 Å². The largest absolute Gasteiger partial charge is 0.480 e. The van der Waals surface area contributed by atoms with E-state index in [0.29, 0.717) is 35.2 Å². The number of piperazine rings is 1. The van der Waals surface area contributed by atoms with Crippen molar-refractivity contribution in [3.05, 3.63) is 62.5 Å². The lowest BCUT2D eigenvalue weighted by molar-refractivity contribution is -0.145. The van der Waals surface area contributed by atoms with Gasteiger partial charge in [0, 0.05) is 48.5 Å². The Morgan fingerprint density at radius 1 is 1.40 bits per heavy atom. The van der Waals surface area contributed by atoms with Crippen molar-refractivity contribution < 1.29 is 23.8 Å². The number of nitrogens with one attached hydrogen (secondary N) is 2. The van der Waals surface area contributed by atoms with Gasteiger partial charge in [0.05, 0.1) is 17.2 Å². The highest BCUT2D eigenvalue weighted by molar-refractivity contribution is 7.11. The normalized spacial score (nSPS) is 23.0. The van der Waals surface area contributed by atoms with Gasteiger partial charge in [0.1, 0.15) is 17.9 Å². The lowest BCUT2D eigenvalue weighted by atomic mass is 9.94. The molecule has 3 heterocycles. The van der Waals surface area contributed by atoms with Gasteiger partial charge < -0.3 is 20.5 Å². The van der Waals surface area contributed by atoms with Crippen LogP contribution in [0, 0.1) is 5.82 Å². The van der Waals surface area contributed by atoms with Crippen molar-refractivity contribution in [2.45, 2.75) is 32.0 Å². The fourth-order valence-corrected chi connectivity index (χ4v) is 5.15. The maximum Gasteiger partial charge on any atom is 0.338 e. The molecule has 2 aromatic rings. The van der Waals surface area contributed by atoms with Crippen LogP contribution in [-0.4, -0.2) is 71.1 Å². The summed E-state index contributed by atoms with van der Waals surface area (Å²) in [6.45, 7) is 4.73. The van der Waals surface area contributed by atoms with E-state index in [1.807, 2.05) is 0 Å². The second-order valence-electron chi connectivity index (χ2n) is 8.09. The number of thiazole rings is 1. The summed E-state index contributed by atoms with van der Waals surface area (Å²) in [7, 11) is 0. The van der Waals surface area contributed by atoms with Crippen molar-refractivity contribution >= 4 is 40.7 Å². The Kier molecular flexibility index (Phi) is 7.80. The number of amidine groups is 1. The van der Waals surface area contributed by atoms with Crippen molar-refractivity contribution in [3.63, 3.8) is 0 Å². The minimum Gasteiger partial charge on any atom is -0.480 e. The molecule has 35 heavy (non-hydrogen) atoms. The molecule has 0 spiro atoms. The summed E-state index contributed by atoms with van der Waals surface area (Å²) >= 11 is 7.66. The number of rotatable bonds is 7. The van der Waals surface area contributed by atoms with Crippen molar-refractivity contribution in [1.29, 1.82) is 0 Å². The number of hydrogen-bond acceptors (Lipinski definition) is 9. The molecule has 1 unspecified atom stereocenters. The number of carboxylic acid groups (broad SMARTS) is 1. The molecule has 0 amide bonds. The maximum atomic E-state index is 14.4. The number of nitrogens with zero attached hydrogens (tertiary/aromatic N) is 3. The molecular formula is C23H25ClFN5O4S. The minimum atomic E-state index is -0.976. The molecule has 1 saturated heterocycles. The average molecular weight is 522 g/mol. The van der Waals surface area contributed by atoms with Gasteiger partial charge in [0.2, 0.25) is 0 Å². The summed E-state index contributed by atoms with van der Waals surface area (Å²) in [5, 5.41) is 18.4. The molecule has 3 atom stereocenters. The lowest BCUT2D eigenvalue weighted by Crippen LogP contribution is -2.61. The molecule has 0 radical (unpaired) electrons. The first-order chi connectivity index (χ1) is 16.8. The number of halogens is 2. The minimum absolute atomic E-state index is 0.102. The number of aromatic nitrogens is 1. The Hall–Kier alpha value is -2.86. The van der Waals surface area contributed by atoms with Crippen LogP contribution in [-0.2, 0) is 14.3 Å². The van der Waals surface area contributed by atoms with E-state index < -0.39 is 29.8 Å². The molecule has 0 bridgehead atoms. The van der Waals surface area contributed by atoms with E-state index in [-0.39, 0.29) is 29.8 Å². The molecular weight excluding hydrogens is 497 g/mol. The van der Waals surface area contributed by atoms with Gasteiger partial charge in [-0.3, -0.25) is 14.7 Å². The highest BCUT2D eigenvalue weighted by atomic mass is 35.5. The molecule has 2 aliphatic rings. The van der Waals surface area contributed by atoms with Crippen molar-refractivity contribution in [2.24, 2.45) is 4.99 Å². The first kappa shape index (κ1) is 25.2. The third-order valence-corrected chi connectivity index (χ3v) is 7.06. The number of aliphatic imine (C=N–C) groups is 1. The summed E-state index contributed by atoms with van der Waals surface area (Å²) in [5.74, 6) is -1.88. The molecule has 4 rings (SSSR count). The molecule has 0 aliphatic carbocycles. The van der Waals surface area contributed by atoms with E-state index in [1.54, 1.807) is 36.4 Å². The Labute approximate surface area is 210 Å². The van der Waals surface area contributed by atoms with Crippen LogP contribution < -0.4 is 10.6 Å². The zero-order valence-corrected chi connectivity index (χ0v) is 20.7. The zero-order chi connectivity index (χ0) is 25.1. The second-order valence-corrected chi connectivity index (χ2v) is 9.37. The lowest BCUT2D eigenvalue weighted by Gasteiger charge is -2.39. The monoisotopic (exact) mass is 521 g/mol. The first-order valence-corrected chi connectivity index (χ1v) is 12.4. The topological polar surface area (TPSA) is 116 Å². The van der Waals surface area contributed by atoms with Gasteiger partial charge in [-0.1, -0.05) is 23.7 Å². The Balaban J connectivity index is 1.85. The molecule has 9 nitrogen and oxygen atoms in total. The fourth-order valence-electron chi connectivity index (χ4n) is 4.33. The van der Waals surface area contributed by atoms with Crippen LogP contribution in [0.25, 0.3) is 0 Å². The van der Waals surface area contributed by atoms with Gasteiger partial charge >= 0.3 is 11.9 Å². The van der Waals surface area contributed by atoms with Crippen molar-refractivity contribution in [2.75, 3.05) is 26.2 Å². The van der Waals surface area contributed by atoms with Crippen LogP contribution in [0.1, 0.15) is 30.5 Å². The van der Waals surface area contributed by atoms with Gasteiger partial charge in [0.15, 0.2) is 10.8 Å². The second kappa shape index (κ2) is 10.8. The third kappa shape index (κ3) is 5.22. The molecule has 12 heteroatoms. The van der Waals surface area contributed by atoms with Crippen LogP contribution in [0.3, 0.4) is 0 Å². The van der Waals surface area contributed by atoms with E-state index >= 15 is 0 Å². The summed E-state index contributed by atoms with van der Waals surface area (Å²) < 4.78 is 19.8. The van der Waals surface area contributed by atoms with Crippen LogP contribution in [0.5, 0.6) is 0 Å². The first-order valence-electron chi connectivity index (χ1n) is 11.1. The van der Waals surface area contributed by atoms with Crippen LogP contribution in [0.2, 0.25) is 5.02 Å². The SMILES string of the molecule is CCOC(=O)C1=C(CN2CCN[C@H](C)[C@H]2C(=O)O)NC(c2nccs2)=NC1c1cccc(F)c1Cl. The summed E-state index contributed by atoms with van der Waals surface area (Å²) in [4.78, 5) is 36.0. The molecule has 2 aliphatic heterocycles. The van der Waals surface area contributed by atoms with Gasteiger partial charge in [-0.2, -0.15) is 0 Å². The van der Waals surface area contributed by atoms with Crippen molar-refractivity contribution in [1.82, 2.24) is 20.5 Å². The molecule has 3 N–H and O–H groups in total. The summed E-state index contributed by atoms with van der Waals surface area (Å²) in [6, 6.07) is 2.23. The molecule has 1 aromatic heterocycles. The van der Waals surface area contributed by atoms with E-state index in [2.05, 4.69) is 15.6 Å². The predicted octanol–water partition coefficient (Wildman–Crippen LogP) is 2.59. The smallest absolute Gasteiger partial charge is 0.338 e. The van der Waals surface area contributed by atoms with E-state index in [1.165, 1.54) is 23.5 Å². The number of esters is 1. The molecule has 0 saturated carbocycles. The van der Waals surface area contributed by atoms with Crippen LogP contribution in [0.15, 0.2) is 46.0 Å². The van der Waals surface area contributed by atoms with Gasteiger partial charge in [-0.15, -0.1) is 11.3 Å². The Bertz CT molecular complexity index is 1170. The standard InChI is InChI=1S/C23H25ClFN5O4S/c1-3-34-23(33)16-15(11-30-9-7-26-12(2)19(30)22(31)32)28-20(21-27-8-10-35-21)29-18(16)13-5-4-6-14(25)17(13)24/h4-6,8,10,12,18-19,26H,3,7,9,11H2,1-2H3,(H,28,29)(H,31,32)/t12-,18?,19+/m1/s1. The quantitative estimate of drug-likeness (QED) is 0.476. The molecule has 1 aromatic carbocycles. The number of ether oxygens (including phenoxy) is 1. The van der Waals surface area contributed by atoms with Gasteiger partial charge in [0.25, 0.3) is 0 Å². The fraction of sp³-hybridized carbons (Fsp3) is 0.391. The Morgan fingerprint density at radius 3 is 2.89 bits per heavy atom. The average Bonchev–Trinajstić information content (AvgIpc) is 3.35. The van der Waals surface area contributed by atoms with Gasteiger partial charge in [-0.05, 0) is 19.9 Å². The maximum absolute atomic E-state index is 14.4. The third-order valence-electron chi connectivity index (χ3n) is 5.88. The van der Waals surface area contributed by atoms with E-state index in [0.717, 1.165) is 0 Å². The van der Waals surface area contributed by atoms with E-state index in [4.69, 9.17) is 21.3 Å².